The molecule has 1 heterocycles. The van der Waals surface area contributed by atoms with Gasteiger partial charge in [0.2, 0.25) is 0 Å². The molecular formula is C18H31ClN4O2. The van der Waals surface area contributed by atoms with E-state index < -0.39 is 0 Å². The van der Waals surface area contributed by atoms with Gasteiger partial charge < -0.3 is 16.0 Å². The summed E-state index contributed by atoms with van der Waals surface area (Å²) in [6.45, 7) is 8.01. The summed E-state index contributed by atoms with van der Waals surface area (Å²) >= 11 is 0. The Morgan fingerprint density at radius 2 is 1.92 bits per heavy atom. The molecule has 1 aromatic rings. The van der Waals surface area contributed by atoms with E-state index in [9.17, 15) is 9.59 Å². The lowest BCUT2D eigenvalue weighted by Gasteiger charge is -2.30. The Morgan fingerprint density at radius 3 is 2.40 bits per heavy atom. The van der Waals surface area contributed by atoms with Crippen LogP contribution in [0.15, 0.2) is 4.79 Å². The molecule has 4 N–H and O–H groups in total. The molecule has 0 spiro atoms. The molecular weight excluding hydrogens is 340 g/mol. The van der Waals surface area contributed by atoms with E-state index in [1.807, 2.05) is 20.8 Å². The molecule has 1 aliphatic rings. The third kappa shape index (κ3) is 5.28. The van der Waals surface area contributed by atoms with Crippen molar-refractivity contribution < 1.29 is 4.79 Å². The fraction of sp³-hybridized carbons (Fsp3) is 0.722. The summed E-state index contributed by atoms with van der Waals surface area (Å²) in [7, 11) is 0. The second-order valence-electron chi connectivity index (χ2n) is 7.84. The first-order valence-electron chi connectivity index (χ1n) is 8.86. The van der Waals surface area contributed by atoms with Crippen molar-refractivity contribution in [3.05, 3.63) is 27.4 Å². The summed E-state index contributed by atoms with van der Waals surface area (Å²) < 4.78 is 0. The minimum absolute atomic E-state index is 0. The van der Waals surface area contributed by atoms with Gasteiger partial charge in [-0.25, -0.2) is 4.98 Å². The molecule has 1 unspecified atom stereocenters. The predicted molar refractivity (Wildman–Crippen MR) is 102 cm³/mol. The van der Waals surface area contributed by atoms with E-state index in [0.29, 0.717) is 24.0 Å². The van der Waals surface area contributed by atoms with Crippen LogP contribution in [-0.4, -0.2) is 28.5 Å². The summed E-state index contributed by atoms with van der Waals surface area (Å²) in [5, 5.41) is 2.97. The van der Waals surface area contributed by atoms with Gasteiger partial charge in [-0.1, -0.05) is 40.0 Å². The van der Waals surface area contributed by atoms with Crippen LogP contribution in [0.1, 0.15) is 74.8 Å². The van der Waals surface area contributed by atoms with Crippen LogP contribution >= 0.6 is 12.4 Å². The monoisotopic (exact) mass is 370 g/mol. The smallest absolute Gasteiger partial charge is 0.264 e. The van der Waals surface area contributed by atoms with Gasteiger partial charge in [0.05, 0.1) is 5.69 Å². The van der Waals surface area contributed by atoms with E-state index in [1.165, 1.54) is 19.3 Å². The van der Waals surface area contributed by atoms with E-state index >= 15 is 0 Å². The third-order valence-electron chi connectivity index (χ3n) is 4.83. The number of aromatic nitrogens is 2. The number of hydrogen-bond donors (Lipinski definition) is 3. The van der Waals surface area contributed by atoms with Gasteiger partial charge in [0, 0.05) is 18.0 Å². The zero-order valence-electron chi connectivity index (χ0n) is 15.6. The molecule has 6 nitrogen and oxygen atoms in total. The third-order valence-corrected chi connectivity index (χ3v) is 4.83. The fourth-order valence-electron chi connectivity index (χ4n) is 3.35. The minimum atomic E-state index is -0.385. The highest BCUT2D eigenvalue weighted by atomic mass is 35.5. The van der Waals surface area contributed by atoms with Gasteiger partial charge >= 0.3 is 0 Å². The van der Waals surface area contributed by atoms with Gasteiger partial charge in [-0.3, -0.25) is 9.59 Å². The Labute approximate surface area is 155 Å². The maximum absolute atomic E-state index is 12.6. The molecule has 142 valence electrons. The van der Waals surface area contributed by atoms with Crippen molar-refractivity contribution in [3.8, 4) is 0 Å². The number of aromatic amines is 1. The molecule has 25 heavy (non-hydrogen) atoms. The molecule has 0 aromatic carbocycles. The zero-order chi connectivity index (χ0) is 17.9. The number of carbonyl (C=O) groups is 1. The summed E-state index contributed by atoms with van der Waals surface area (Å²) in [6.07, 6.45) is 5.77. The summed E-state index contributed by atoms with van der Waals surface area (Å²) in [5.41, 5.74) is 5.76. The minimum Gasteiger partial charge on any atom is -0.348 e. The van der Waals surface area contributed by atoms with Gasteiger partial charge in [-0.2, -0.15) is 0 Å². The van der Waals surface area contributed by atoms with Crippen molar-refractivity contribution in [2.75, 3.05) is 6.54 Å². The first kappa shape index (κ1) is 21.6. The van der Waals surface area contributed by atoms with Crippen LogP contribution < -0.4 is 16.6 Å². The second-order valence-corrected chi connectivity index (χ2v) is 7.84. The Kier molecular flexibility index (Phi) is 7.62. The molecule has 1 saturated carbocycles. The molecule has 1 aromatic heterocycles. The van der Waals surface area contributed by atoms with Gasteiger partial charge in [-0.15, -0.1) is 12.4 Å². The molecule has 1 fully saturated rings. The highest BCUT2D eigenvalue weighted by Gasteiger charge is 2.27. The lowest BCUT2D eigenvalue weighted by atomic mass is 9.84. The molecule has 0 saturated heterocycles. The topological polar surface area (TPSA) is 101 Å². The Morgan fingerprint density at radius 1 is 1.32 bits per heavy atom. The maximum Gasteiger partial charge on any atom is 0.264 e. The van der Waals surface area contributed by atoms with Crippen LogP contribution in [-0.2, 0) is 5.41 Å². The molecule has 1 atom stereocenters. The van der Waals surface area contributed by atoms with Gasteiger partial charge in [0.25, 0.3) is 11.5 Å². The van der Waals surface area contributed by atoms with E-state index in [-0.39, 0.29) is 40.9 Å². The van der Waals surface area contributed by atoms with Crippen LogP contribution in [0.4, 0.5) is 0 Å². The summed E-state index contributed by atoms with van der Waals surface area (Å²) in [4.78, 5) is 32.2. The van der Waals surface area contributed by atoms with Gasteiger partial charge in [0.1, 0.15) is 11.4 Å². The first-order chi connectivity index (χ1) is 11.2. The lowest BCUT2D eigenvalue weighted by Crippen LogP contribution is -2.47. The summed E-state index contributed by atoms with van der Waals surface area (Å²) in [5.74, 6) is 0.612. The average Bonchev–Trinajstić information content (AvgIpc) is 2.51. The predicted octanol–water partition coefficient (Wildman–Crippen LogP) is 2.44. The summed E-state index contributed by atoms with van der Waals surface area (Å²) in [6, 6.07) is -0.0844. The van der Waals surface area contributed by atoms with E-state index in [4.69, 9.17) is 5.73 Å². The van der Waals surface area contributed by atoms with Crippen LogP contribution in [0, 0.1) is 12.8 Å². The maximum atomic E-state index is 12.6. The average molecular weight is 371 g/mol. The standard InChI is InChI=1S/C18H30N4O2.ClH/c1-11-14(16(24)22-17(20-11)18(2,3)4)15(23)21-13(10-19)12-8-6-5-7-9-12;/h12-13H,5-10,19H2,1-4H3,(H,21,23)(H,20,22,24);1H. The van der Waals surface area contributed by atoms with E-state index in [0.717, 1.165) is 12.8 Å². The molecule has 1 aliphatic carbocycles. The molecule has 0 aliphatic heterocycles. The second kappa shape index (κ2) is 8.81. The van der Waals surface area contributed by atoms with Crippen molar-refractivity contribution in [2.24, 2.45) is 11.7 Å². The van der Waals surface area contributed by atoms with Crippen molar-refractivity contribution in [3.63, 3.8) is 0 Å². The van der Waals surface area contributed by atoms with E-state index in [1.54, 1.807) is 6.92 Å². The number of nitrogens with zero attached hydrogens (tertiary/aromatic N) is 1. The number of rotatable bonds is 4. The molecule has 1 amide bonds. The number of H-pyrrole nitrogens is 1. The van der Waals surface area contributed by atoms with Crippen molar-refractivity contribution in [2.45, 2.75) is 71.3 Å². The number of aryl methyl sites for hydroxylation is 1. The van der Waals surface area contributed by atoms with Crippen LogP contribution in [0.3, 0.4) is 0 Å². The van der Waals surface area contributed by atoms with Crippen molar-refractivity contribution in [1.29, 1.82) is 0 Å². The van der Waals surface area contributed by atoms with Crippen molar-refractivity contribution >= 4 is 18.3 Å². The number of carbonyl (C=O) groups excluding carboxylic acids is 1. The first-order valence-corrected chi connectivity index (χ1v) is 8.86. The molecule has 7 heteroatoms. The lowest BCUT2D eigenvalue weighted by molar-refractivity contribution is 0.0912. The quantitative estimate of drug-likeness (QED) is 0.757. The number of nitrogens with one attached hydrogen (secondary N) is 2. The fourth-order valence-corrected chi connectivity index (χ4v) is 3.35. The molecule has 0 radical (unpaired) electrons. The zero-order valence-corrected chi connectivity index (χ0v) is 16.5. The van der Waals surface area contributed by atoms with Gasteiger partial charge in [0.15, 0.2) is 0 Å². The van der Waals surface area contributed by atoms with Gasteiger partial charge in [-0.05, 0) is 25.7 Å². The van der Waals surface area contributed by atoms with Crippen molar-refractivity contribution in [1.82, 2.24) is 15.3 Å². The Bertz CT molecular complexity index is 645. The van der Waals surface area contributed by atoms with E-state index in [2.05, 4.69) is 15.3 Å². The SMILES string of the molecule is Cc1nc(C(C)(C)C)[nH]c(=O)c1C(=O)NC(CN)C1CCCCC1.Cl. The number of amides is 1. The molecule has 2 rings (SSSR count). The number of nitrogens with two attached hydrogens (primary N) is 1. The van der Waals surface area contributed by atoms with Crippen LogP contribution in [0.5, 0.6) is 0 Å². The highest BCUT2D eigenvalue weighted by Crippen LogP contribution is 2.26. The number of hydrogen-bond acceptors (Lipinski definition) is 4. The Balaban J connectivity index is 0.00000312. The normalized spacial score (nSPS) is 16.8. The molecule has 0 bridgehead atoms. The van der Waals surface area contributed by atoms with Crippen LogP contribution in [0.25, 0.3) is 0 Å². The Hall–Kier alpha value is -1.40. The highest BCUT2D eigenvalue weighted by molar-refractivity contribution is 5.95. The van der Waals surface area contributed by atoms with Crippen LogP contribution in [0.2, 0.25) is 0 Å². The number of halogens is 1. The largest absolute Gasteiger partial charge is 0.348 e.